The van der Waals surface area contributed by atoms with Gasteiger partial charge in [-0.2, -0.15) is 0 Å². The minimum absolute atomic E-state index is 0.132. The monoisotopic (exact) mass is 419 g/mol. The van der Waals surface area contributed by atoms with Crippen molar-refractivity contribution in [2.45, 2.75) is 38.8 Å². The number of carbonyl (C=O) groups is 3. The Morgan fingerprint density at radius 2 is 1.87 bits per heavy atom. The maximum absolute atomic E-state index is 12.5. The maximum Gasteiger partial charge on any atom is 0.254 e. The van der Waals surface area contributed by atoms with Gasteiger partial charge in [-0.05, 0) is 24.3 Å². The van der Waals surface area contributed by atoms with E-state index in [2.05, 4.69) is 34.4 Å². The molecule has 0 aliphatic carbocycles. The Kier molecular flexibility index (Phi) is 5.70. The summed E-state index contributed by atoms with van der Waals surface area (Å²) in [7, 11) is 0. The van der Waals surface area contributed by atoms with Crippen molar-refractivity contribution in [3.63, 3.8) is 0 Å². The van der Waals surface area contributed by atoms with Crippen LogP contribution in [0.5, 0.6) is 0 Å². The van der Waals surface area contributed by atoms with Crippen molar-refractivity contribution >= 4 is 34.4 Å². The number of amides is 3. The molecule has 8 nitrogen and oxygen atoms in total. The number of aromatic nitrogens is 2. The van der Waals surface area contributed by atoms with Crippen LogP contribution in [0.25, 0.3) is 11.0 Å². The third kappa shape index (κ3) is 4.28. The summed E-state index contributed by atoms with van der Waals surface area (Å²) in [5.41, 5.74) is 2.77. The minimum Gasteiger partial charge on any atom is -0.354 e. The second-order valence-electron chi connectivity index (χ2n) is 7.88. The lowest BCUT2D eigenvalue weighted by Crippen LogP contribution is -2.44. The molecule has 2 aromatic carbocycles. The number of para-hydroxylation sites is 3. The molecule has 1 aliphatic rings. The molecule has 3 amide bonds. The van der Waals surface area contributed by atoms with Crippen LogP contribution >= 0.6 is 0 Å². The molecule has 1 aromatic heterocycles. The highest BCUT2D eigenvalue weighted by Gasteiger charge is 2.29. The molecule has 1 aliphatic heterocycles. The first kappa shape index (κ1) is 20.6. The van der Waals surface area contributed by atoms with Gasteiger partial charge >= 0.3 is 0 Å². The van der Waals surface area contributed by atoms with Crippen LogP contribution in [-0.4, -0.2) is 39.9 Å². The van der Waals surface area contributed by atoms with Crippen LogP contribution in [0.1, 0.15) is 42.4 Å². The van der Waals surface area contributed by atoms with Gasteiger partial charge in [0.15, 0.2) is 0 Å². The summed E-state index contributed by atoms with van der Waals surface area (Å²) in [6, 6.07) is 13.7. The lowest BCUT2D eigenvalue weighted by atomic mass is 10.1. The molecule has 1 atom stereocenters. The van der Waals surface area contributed by atoms with E-state index < -0.39 is 11.9 Å². The Bertz CT molecular complexity index is 1150. The second kappa shape index (κ2) is 8.59. The number of nitrogens with one attached hydrogen (secondary N) is 3. The first-order chi connectivity index (χ1) is 14.9. The number of carbonyl (C=O) groups excluding carboxylic acids is 3. The second-order valence-corrected chi connectivity index (χ2v) is 7.88. The van der Waals surface area contributed by atoms with Crippen molar-refractivity contribution in [1.82, 2.24) is 20.2 Å². The van der Waals surface area contributed by atoms with E-state index in [0.717, 1.165) is 16.9 Å². The molecule has 3 N–H and O–H groups in total. The highest BCUT2D eigenvalue weighted by Crippen LogP contribution is 2.21. The summed E-state index contributed by atoms with van der Waals surface area (Å²) >= 11 is 0. The number of anilines is 1. The van der Waals surface area contributed by atoms with Crippen LogP contribution in [0.4, 0.5) is 5.69 Å². The first-order valence-corrected chi connectivity index (χ1v) is 10.4. The average Bonchev–Trinajstić information content (AvgIpc) is 3.07. The van der Waals surface area contributed by atoms with Crippen LogP contribution < -0.4 is 16.0 Å². The van der Waals surface area contributed by atoms with Crippen molar-refractivity contribution < 1.29 is 14.4 Å². The predicted molar refractivity (Wildman–Crippen MR) is 118 cm³/mol. The lowest BCUT2D eigenvalue weighted by molar-refractivity contribution is -0.125. The van der Waals surface area contributed by atoms with Gasteiger partial charge in [0.2, 0.25) is 11.8 Å². The van der Waals surface area contributed by atoms with Gasteiger partial charge in [0.1, 0.15) is 11.9 Å². The molecular formula is C23H25N5O3. The van der Waals surface area contributed by atoms with Gasteiger partial charge in [-0.25, -0.2) is 4.98 Å². The molecule has 4 rings (SSSR count). The molecule has 8 heteroatoms. The molecule has 160 valence electrons. The van der Waals surface area contributed by atoms with E-state index in [0.29, 0.717) is 24.3 Å². The largest absolute Gasteiger partial charge is 0.354 e. The average molecular weight is 419 g/mol. The minimum atomic E-state index is -0.930. The Balaban J connectivity index is 1.38. The van der Waals surface area contributed by atoms with E-state index in [4.69, 9.17) is 4.98 Å². The number of imidazole rings is 1. The van der Waals surface area contributed by atoms with E-state index in [9.17, 15) is 14.4 Å². The van der Waals surface area contributed by atoms with Gasteiger partial charge in [0.05, 0.1) is 28.7 Å². The fourth-order valence-corrected chi connectivity index (χ4v) is 3.79. The first-order valence-electron chi connectivity index (χ1n) is 10.4. The highest BCUT2D eigenvalue weighted by molar-refractivity contribution is 6.10. The summed E-state index contributed by atoms with van der Waals surface area (Å²) in [5.74, 6) is 0.120. The number of fused-ring (bicyclic) bond motifs is 2. The summed E-state index contributed by atoms with van der Waals surface area (Å²) in [6.45, 7) is 5.12. The zero-order valence-electron chi connectivity index (χ0n) is 17.5. The van der Waals surface area contributed by atoms with E-state index >= 15 is 0 Å². The van der Waals surface area contributed by atoms with Crippen molar-refractivity contribution in [3.8, 4) is 0 Å². The Morgan fingerprint density at radius 1 is 1.13 bits per heavy atom. The summed E-state index contributed by atoms with van der Waals surface area (Å²) < 4.78 is 2.11. The normalized spacial score (nSPS) is 15.9. The smallest absolute Gasteiger partial charge is 0.254 e. The summed E-state index contributed by atoms with van der Waals surface area (Å²) in [5, 5.41) is 8.21. The van der Waals surface area contributed by atoms with Gasteiger partial charge in [0.25, 0.3) is 5.91 Å². The number of hydrogen-bond acceptors (Lipinski definition) is 4. The topological polar surface area (TPSA) is 105 Å². The van der Waals surface area contributed by atoms with E-state index in [-0.39, 0.29) is 24.2 Å². The van der Waals surface area contributed by atoms with E-state index in [1.807, 2.05) is 24.3 Å². The van der Waals surface area contributed by atoms with Gasteiger partial charge in [-0.3, -0.25) is 14.4 Å². The lowest BCUT2D eigenvalue weighted by Gasteiger charge is -2.15. The van der Waals surface area contributed by atoms with Crippen LogP contribution in [0.3, 0.4) is 0 Å². The summed E-state index contributed by atoms with van der Waals surface area (Å²) in [4.78, 5) is 42.1. The third-order valence-electron chi connectivity index (χ3n) is 5.30. The number of nitrogens with zero attached hydrogens (tertiary/aromatic N) is 2. The van der Waals surface area contributed by atoms with Gasteiger partial charge in [-0.15, -0.1) is 0 Å². The van der Waals surface area contributed by atoms with Crippen molar-refractivity contribution in [3.05, 3.63) is 59.9 Å². The molecule has 2 heterocycles. The molecular weight excluding hydrogens is 394 g/mol. The van der Waals surface area contributed by atoms with Crippen LogP contribution in [-0.2, 0) is 16.1 Å². The SMILES string of the molecule is CC(C)c1nc2ccccc2n1CCNC(=O)C[C@@H]1NC(=O)c2ccccc2NC1=O. The van der Waals surface area contributed by atoms with Gasteiger partial charge < -0.3 is 20.5 Å². The maximum atomic E-state index is 12.5. The van der Waals surface area contributed by atoms with Crippen molar-refractivity contribution in [1.29, 1.82) is 0 Å². The Hall–Kier alpha value is -3.68. The molecule has 31 heavy (non-hydrogen) atoms. The highest BCUT2D eigenvalue weighted by atomic mass is 16.2. The third-order valence-corrected chi connectivity index (χ3v) is 5.30. The quantitative estimate of drug-likeness (QED) is 0.571. The van der Waals surface area contributed by atoms with Crippen LogP contribution in [0.2, 0.25) is 0 Å². The summed E-state index contributed by atoms with van der Waals surface area (Å²) in [6.07, 6.45) is -0.132. The number of benzene rings is 2. The standard InChI is InChI=1S/C23H25N5O3/c1-14(2)21-25-17-9-5-6-10-19(17)28(21)12-11-24-20(29)13-18-23(31)26-16-8-4-3-7-15(16)22(30)27-18/h3-10,14,18H,11-13H2,1-2H3,(H,24,29)(H,26,31)(H,27,30)/t18-/m0/s1. The van der Waals surface area contributed by atoms with Crippen LogP contribution in [0.15, 0.2) is 48.5 Å². The Labute approximate surface area is 180 Å². The fourth-order valence-electron chi connectivity index (χ4n) is 3.79. The molecule has 0 saturated carbocycles. The molecule has 0 saturated heterocycles. The fraction of sp³-hybridized carbons (Fsp3) is 0.304. The van der Waals surface area contributed by atoms with Gasteiger partial charge in [-0.1, -0.05) is 38.1 Å². The van der Waals surface area contributed by atoms with Crippen molar-refractivity contribution in [2.75, 3.05) is 11.9 Å². The van der Waals surface area contributed by atoms with Crippen LogP contribution in [0, 0.1) is 0 Å². The van der Waals surface area contributed by atoms with E-state index in [1.54, 1.807) is 24.3 Å². The molecule has 0 radical (unpaired) electrons. The molecule has 3 aromatic rings. The number of hydrogen-bond donors (Lipinski definition) is 3. The number of rotatable bonds is 6. The molecule has 0 unspecified atom stereocenters. The predicted octanol–water partition coefficient (Wildman–Crippen LogP) is 2.42. The van der Waals surface area contributed by atoms with Gasteiger partial charge in [0, 0.05) is 19.0 Å². The van der Waals surface area contributed by atoms with E-state index in [1.165, 1.54) is 0 Å². The zero-order chi connectivity index (χ0) is 22.0. The molecule has 0 spiro atoms. The van der Waals surface area contributed by atoms with Crippen molar-refractivity contribution in [2.24, 2.45) is 0 Å². The molecule has 0 bridgehead atoms. The molecule has 0 fully saturated rings. The Morgan fingerprint density at radius 3 is 2.68 bits per heavy atom. The zero-order valence-corrected chi connectivity index (χ0v) is 17.5.